The SMILES string of the molecule is CC(C)C(=O)OCOP(=O)(OCOC(=O)C(C)C)OC[C@@]1(CF)O[C@@H](N2C=CC(=O)N(COC(=O)C(N)C(C)C)C2)[C@](C)(O)[C@@H]1C. The second kappa shape index (κ2) is 16.4. The lowest BCUT2D eigenvalue weighted by molar-refractivity contribution is -0.174. The zero-order valence-corrected chi connectivity index (χ0v) is 28.4. The smallest absolute Gasteiger partial charge is 0.443 e. The Balaban J connectivity index is 2.21. The van der Waals surface area contributed by atoms with Crippen molar-refractivity contribution < 1.29 is 65.8 Å². The van der Waals surface area contributed by atoms with Crippen molar-refractivity contribution in [2.75, 3.05) is 40.3 Å². The van der Waals surface area contributed by atoms with E-state index in [-0.39, 0.29) is 12.6 Å². The number of rotatable bonds is 17. The van der Waals surface area contributed by atoms with Crippen LogP contribution in [0, 0.1) is 23.7 Å². The van der Waals surface area contributed by atoms with Gasteiger partial charge in [0, 0.05) is 18.2 Å². The van der Waals surface area contributed by atoms with E-state index in [4.69, 9.17) is 38.3 Å². The highest BCUT2D eigenvalue weighted by Crippen LogP contribution is 2.53. The molecule has 1 amide bonds. The molecule has 18 heteroatoms. The van der Waals surface area contributed by atoms with Crippen molar-refractivity contribution in [2.24, 2.45) is 29.4 Å². The monoisotopic (exact) mass is 683 g/mol. The summed E-state index contributed by atoms with van der Waals surface area (Å²) in [6, 6.07) is -0.898. The zero-order chi connectivity index (χ0) is 35.0. The Labute approximate surface area is 268 Å². The number of nitrogens with two attached hydrogens (primary N) is 1. The molecular weight excluding hydrogens is 636 g/mol. The number of ether oxygens (including phenoxy) is 4. The van der Waals surface area contributed by atoms with Gasteiger partial charge in [-0.1, -0.05) is 48.5 Å². The van der Waals surface area contributed by atoms with Crippen LogP contribution in [0.3, 0.4) is 0 Å². The number of phosphoric ester groups is 1. The maximum absolute atomic E-state index is 14.8. The summed E-state index contributed by atoms with van der Waals surface area (Å²) in [5.41, 5.74) is 2.09. The highest BCUT2D eigenvalue weighted by molar-refractivity contribution is 7.48. The molecule has 0 aromatic heterocycles. The summed E-state index contributed by atoms with van der Waals surface area (Å²) >= 11 is 0. The number of nitrogens with zero attached hydrogens (tertiary/aromatic N) is 2. The second-order valence-electron chi connectivity index (χ2n) is 12.3. The number of alkyl halides is 1. The molecule has 46 heavy (non-hydrogen) atoms. The van der Waals surface area contributed by atoms with Gasteiger partial charge in [0.05, 0.1) is 25.1 Å². The van der Waals surface area contributed by atoms with Gasteiger partial charge in [0.15, 0.2) is 13.0 Å². The first-order valence-corrected chi connectivity index (χ1v) is 16.2. The Morgan fingerprint density at radius 3 is 2.07 bits per heavy atom. The molecule has 1 unspecified atom stereocenters. The van der Waals surface area contributed by atoms with Crippen molar-refractivity contribution in [3.63, 3.8) is 0 Å². The number of carbonyl (C=O) groups excluding carboxylic acids is 4. The highest BCUT2D eigenvalue weighted by atomic mass is 31.2. The molecule has 1 saturated heterocycles. The zero-order valence-electron chi connectivity index (χ0n) is 27.5. The van der Waals surface area contributed by atoms with E-state index in [0.29, 0.717) is 0 Å². The highest BCUT2D eigenvalue weighted by Gasteiger charge is 2.62. The fourth-order valence-corrected chi connectivity index (χ4v) is 5.18. The van der Waals surface area contributed by atoms with E-state index in [0.717, 1.165) is 11.0 Å². The van der Waals surface area contributed by atoms with Gasteiger partial charge in [-0.05, 0) is 12.8 Å². The summed E-state index contributed by atoms with van der Waals surface area (Å²) in [6.07, 6.45) is 1.22. The van der Waals surface area contributed by atoms with E-state index in [1.807, 2.05) is 0 Å². The van der Waals surface area contributed by atoms with Crippen molar-refractivity contribution in [2.45, 2.75) is 78.9 Å². The van der Waals surface area contributed by atoms with E-state index in [1.54, 1.807) is 41.5 Å². The van der Waals surface area contributed by atoms with Crippen LogP contribution in [0.1, 0.15) is 55.4 Å². The minimum Gasteiger partial charge on any atom is -0.443 e. The van der Waals surface area contributed by atoms with Gasteiger partial charge in [0.1, 0.15) is 23.9 Å². The average molecular weight is 684 g/mol. The van der Waals surface area contributed by atoms with Crippen molar-refractivity contribution in [1.82, 2.24) is 9.80 Å². The maximum atomic E-state index is 14.8. The third-order valence-corrected chi connectivity index (χ3v) is 8.97. The normalized spacial score (nSPS) is 25.8. The summed E-state index contributed by atoms with van der Waals surface area (Å²) in [6.45, 7) is 8.19. The number of halogens is 1. The standard InChI is InChI=1S/C28H47FN3O13P/c1-17(2)22(30)25(36)39-14-32-13-31(10-9-21(32)33)26-27(8,37)20(7)28(11-29,45-26)12-42-46(38,43-15-40-23(34)18(3)4)44-16-41-24(35)19(5)6/h9-10,17-20,22,26,37H,11-16,30H2,1-8H3/t20-,22?,26+,27+,28+/m0/s1. The first kappa shape index (κ1) is 39.5. The van der Waals surface area contributed by atoms with Gasteiger partial charge in [-0.25, -0.2) is 18.0 Å². The second-order valence-corrected chi connectivity index (χ2v) is 13.9. The Hall–Kier alpha value is -2.66. The average Bonchev–Trinajstić information content (AvgIpc) is 3.19. The van der Waals surface area contributed by atoms with Crippen molar-refractivity contribution >= 4 is 31.6 Å². The molecule has 2 heterocycles. The van der Waals surface area contributed by atoms with Gasteiger partial charge >= 0.3 is 25.7 Å². The van der Waals surface area contributed by atoms with E-state index >= 15 is 0 Å². The quantitative estimate of drug-likeness (QED) is 0.0975. The van der Waals surface area contributed by atoms with Gasteiger partial charge in [-0.2, -0.15) is 0 Å². The van der Waals surface area contributed by atoms with Crippen molar-refractivity contribution in [1.29, 1.82) is 0 Å². The number of aliphatic hydroxyl groups is 1. The molecule has 2 aliphatic heterocycles. The molecule has 0 aromatic carbocycles. The molecule has 2 rings (SSSR count). The molecule has 1 fully saturated rings. The predicted molar refractivity (Wildman–Crippen MR) is 157 cm³/mol. The fraction of sp³-hybridized carbons (Fsp3) is 0.786. The molecule has 5 atom stereocenters. The van der Waals surface area contributed by atoms with Crippen LogP contribution >= 0.6 is 7.82 Å². The lowest BCUT2D eigenvalue weighted by Gasteiger charge is -2.40. The molecule has 3 N–H and O–H groups in total. The van der Waals surface area contributed by atoms with Crippen LogP contribution in [0.25, 0.3) is 0 Å². The number of phosphoric acid groups is 1. The molecule has 16 nitrogen and oxygen atoms in total. The van der Waals surface area contributed by atoms with Crippen LogP contribution in [0.4, 0.5) is 4.39 Å². The van der Waals surface area contributed by atoms with Gasteiger partial charge in [0.25, 0.3) is 5.91 Å². The van der Waals surface area contributed by atoms with Crippen LogP contribution in [-0.2, 0) is 56.3 Å². The lowest BCUT2D eigenvalue weighted by atomic mass is 9.80. The Bertz CT molecular complexity index is 1140. The topological polar surface area (TPSA) is 203 Å². The molecule has 0 radical (unpaired) electrons. The number of hydrogen-bond acceptors (Lipinski definition) is 15. The summed E-state index contributed by atoms with van der Waals surface area (Å²) < 4.78 is 64.9. The van der Waals surface area contributed by atoms with Crippen molar-refractivity contribution in [3.8, 4) is 0 Å². The summed E-state index contributed by atoms with van der Waals surface area (Å²) in [7, 11) is -4.69. The minimum absolute atomic E-state index is 0.198. The third-order valence-electron chi connectivity index (χ3n) is 7.68. The van der Waals surface area contributed by atoms with Gasteiger partial charge in [-0.3, -0.25) is 28.6 Å². The maximum Gasteiger partial charge on any atom is 0.480 e. The number of esters is 3. The summed E-state index contributed by atoms with van der Waals surface area (Å²) in [5, 5.41) is 11.5. The largest absolute Gasteiger partial charge is 0.480 e. The fourth-order valence-electron chi connectivity index (χ4n) is 4.22. The number of carbonyl (C=O) groups is 4. The van der Waals surface area contributed by atoms with Gasteiger partial charge in [0.2, 0.25) is 13.6 Å². The Morgan fingerprint density at radius 1 is 1.04 bits per heavy atom. The molecular formula is C28H47FN3O13P. The molecule has 0 aromatic rings. The van der Waals surface area contributed by atoms with E-state index in [1.165, 1.54) is 24.9 Å². The summed E-state index contributed by atoms with van der Waals surface area (Å²) in [5.74, 6) is -4.84. The lowest BCUT2D eigenvalue weighted by Crippen LogP contribution is -2.54. The Kier molecular flexibility index (Phi) is 14.1. The third kappa shape index (κ3) is 9.92. The van der Waals surface area contributed by atoms with Crippen LogP contribution in [0.15, 0.2) is 12.3 Å². The predicted octanol–water partition coefficient (Wildman–Crippen LogP) is 2.01. The van der Waals surface area contributed by atoms with Crippen LogP contribution in [0.5, 0.6) is 0 Å². The van der Waals surface area contributed by atoms with E-state index in [2.05, 4.69) is 0 Å². The molecule has 0 bridgehead atoms. The van der Waals surface area contributed by atoms with Crippen LogP contribution in [-0.4, -0.2) is 102 Å². The van der Waals surface area contributed by atoms with Crippen LogP contribution in [0.2, 0.25) is 0 Å². The first-order chi connectivity index (χ1) is 21.3. The molecule has 0 saturated carbocycles. The molecule has 0 aliphatic carbocycles. The van der Waals surface area contributed by atoms with Crippen molar-refractivity contribution in [3.05, 3.63) is 12.3 Å². The molecule has 2 aliphatic rings. The Morgan fingerprint density at radius 2 is 1.59 bits per heavy atom. The molecule has 264 valence electrons. The summed E-state index contributed by atoms with van der Waals surface area (Å²) in [4.78, 5) is 51.0. The van der Waals surface area contributed by atoms with E-state index in [9.17, 15) is 33.2 Å². The minimum atomic E-state index is -4.69. The number of hydrogen-bond donors (Lipinski definition) is 2. The molecule has 0 spiro atoms. The number of amides is 1. The van der Waals surface area contributed by atoms with Gasteiger partial charge in [-0.15, -0.1) is 0 Å². The van der Waals surface area contributed by atoms with Gasteiger partial charge < -0.3 is 34.7 Å². The first-order valence-electron chi connectivity index (χ1n) is 14.8. The van der Waals surface area contributed by atoms with Crippen LogP contribution < -0.4 is 5.73 Å². The van der Waals surface area contributed by atoms with E-state index < -0.39 is 106 Å².